The molecule has 0 unspecified atom stereocenters. The number of benzene rings is 1. The number of halogens is 2. The van der Waals surface area contributed by atoms with E-state index in [1.807, 2.05) is 12.1 Å². The minimum Gasteiger partial charge on any atom is -0.394 e. The molecule has 0 aliphatic carbocycles. The van der Waals surface area contributed by atoms with Crippen LogP contribution in [0.25, 0.3) is 9.75 Å². The molecular weight excluding hydrogens is 469 g/mol. The van der Waals surface area contributed by atoms with Gasteiger partial charge in [0.1, 0.15) is 30.5 Å². The number of aliphatic hydroxyl groups is 4. The predicted molar refractivity (Wildman–Crippen MR) is 117 cm³/mol. The van der Waals surface area contributed by atoms with Crippen LogP contribution in [0.4, 0.5) is 0 Å². The molecular formula is C20H19Cl2NO5S2. The lowest BCUT2D eigenvalue weighted by molar-refractivity contribution is -0.231. The van der Waals surface area contributed by atoms with Crippen LogP contribution in [0, 0.1) is 0 Å². The topological polar surface area (TPSA) is 103 Å². The van der Waals surface area contributed by atoms with Gasteiger partial charge in [0.2, 0.25) is 0 Å². The lowest BCUT2D eigenvalue weighted by Gasteiger charge is -2.40. The molecule has 160 valence electrons. The Labute approximate surface area is 190 Å². The van der Waals surface area contributed by atoms with Crippen molar-refractivity contribution in [2.75, 3.05) is 6.61 Å². The minimum atomic E-state index is -1.43. The second-order valence-electron chi connectivity index (χ2n) is 7.00. The number of thiophene rings is 1. The van der Waals surface area contributed by atoms with Gasteiger partial charge in [-0.1, -0.05) is 35.3 Å². The van der Waals surface area contributed by atoms with E-state index in [0.29, 0.717) is 17.0 Å². The monoisotopic (exact) mass is 487 g/mol. The van der Waals surface area contributed by atoms with Crippen LogP contribution in [0.5, 0.6) is 0 Å². The average Bonchev–Trinajstić information content (AvgIpc) is 3.37. The fraction of sp³-hybridized carbons (Fsp3) is 0.350. The van der Waals surface area contributed by atoms with Gasteiger partial charge in [0.25, 0.3) is 0 Å². The molecule has 1 aromatic carbocycles. The van der Waals surface area contributed by atoms with Crippen molar-refractivity contribution >= 4 is 45.9 Å². The van der Waals surface area contributed by atoms with Crippen LogP contribution in [-0.4, -0.2) is 56.4 Å². The Balaban J connectivity index is 1.57. The highest BCUT2D eigenvalue weighted by Crippen LogP contribution is 2.37. The van der Waals surface area contributed by atoms with Crippen molar-refractivity contribution in [3.8, 4) is 9.75 Å². The normalized spacial score (nSPS) is 26.8. The van der Waals surface area contributed by atoms with E-state index < -0.39 is 37.1 Å². The van der Waals surface area contributed by atoms with Gasteiger partial charge in [-0.2, -0.15) is 0 Å². The predicted octanol–water partition coefficient (Wildman–Crippen LogP) is 3.28. The molecule has 1 fully saturated rings. The third kappa shape index (κ3) is 4.43. The molecule has 0 spiro atoms. The first-order valence-corrected chi connectivity index (χ1v) is 11.6. The number of aliphatic hydroxyl groups excluding tert-OH is 4. The van der Waals surface area contributed by atoms with Gasteiger partial charge in [-0.3, -0.25) is 0 Å². The summed E-state index contributed by atoms with van der Waals surface area (Å²) < 4.78 is 6.37. The molecule has 0 bridgehead atoms. The first-order chi connectivity index (χ1) is 14.4. The summed E-state index contributed by atoms with van der Waals surface area (Å²) in [6.45, 7) is -0.476. The highest BCUT2D eigenvalue weighted by Gasteiger charge is 2.44. The zero-order chi connectivity index (χ0) is 21.4. The van der Waals surface area contributed by atoms with E-state index in [9.17, 15) is 20.4 Å². The SMILES string of the molecule is OC[C@H]1O[C@@H](c2ccc(Cl)c(Cc3ncc(-c4ccc(Cl)s4)s3)c2)[C@H](O)[C@@H](O)[C@@H]1O. The van der Waals surface area contributed by atoms with Gasteiger partial charge in [0.15, 0.2) is 0 Å². The Hall–Kier alpha value is -1.07. The molecule has 0 saturated carbocycles. The van der Waals surface area contributed by atoms with E-state index >= 15 is 0 Å². The number of aromatic nitrogens is 1. The fourth-order valence-corrected chi connectivity index (χ4v) is 5.64. The highest BCUT2D eigenvalue weighted by molar-refractivity contribution is 7.24. The standard InChI is InChI=1S/C20H19Cl2NO5S2/c21-11-2-1-9(20-19(27)18(26)17(25)12(8-24)28-20)5-10(11)6-16-23-7-14(30-16)13-3-4-15(22)29-13/h1-5,7,12,17-20,24-27H,6,8H2/t12-,17-,18+,19-,20+/m1/s1. The number of hydrogen-bond donors (Lipinski definition) is 4. The van der Waals surface area contributed by atoms with E-state index in [4.69, 9.17) is 27.9 Å². The third-order valence-corrected chi connectivity index (χ3v) is 7.79. The molecule has 3 heterocycles. The van der Waals surface area contributed by atoms with Crippen LogP contribution in [0.2, 0.25) is 9.36 Å². The van der Waals surface area contributed by atoms with Gasteiger partial charge in [-0.15, -0.1) is 22.7 Å². The second kappa shape index (κ2) is 9.20. The van der Waals surface area contributed by atoms with Crippen molar-refractivity contribution in [1.29, 1.82) is 0 Å². The molecule has 4 rings (SSSR count). The lowest BCUT2D eigenvalue weighted by atomic mass is 9.90. The number of hydrogen-bond acceptors (Lipinski definition) is 8. The Bertz CT molecular complexity index is 1020. The molecule has 1 aliphatic heterocycles. The molecule has 0 radical (unpaired) electrons. The number of nitrogens with zero attached hydrogens (tertiary/aromatic N) is 1. The molecule has 2 aromatic heterocycles. The van der Waals surface area contributed by atoms with Crippen LogP contribution in [0.1, 0.15) is 22.2 Å². The highest BCUT2D eigenvalue weighted by atomic mass is 35.5. The van der Waals surface area contributed by atoms with Crippen molar-refractivity contribution in [2.24, 2.45) is 0 Å². The smallest absolute Gasteiger partial charge is 0.113 e. The van der Waals surface area contributed by atoms with Crippen molar-refractivity contribution in [2.45, 2.75) is 36.9 Å². The zero-order valence-electron chi connectivity index (χ0n) is 15.5. The van der Waals surface area contributed by atoms with Crippen molar-refractivity contribution in [3.63, 3.8) is 0 Å². The van der Waals surface area contributed by atoms with Crippen LogP contribution >= 0.6 is 45.9 Å². The summed E-state index contributed by atoms with van der Waals surface area (Å²) in [4.78, 5) is 6.54. The maximum atomic E-state index is 10.4. The Morgan fingerprint density at radius 1 is 0.967 bits per heavy atom. The van der Waals surface area contributed by atoms with E-state index in [1.54, 1.807) is 35.7 Å². The van der Waals surface area contributed by atoms with Gasteiger partial charge < -0.3 is 25.2 Å². The lowest BCUT2D eigenvalue weighted by Crippen LogP contribution is -2.55. The molecule has 1 aliphatic rings. The van der Waals surface area contributed by atoms with E-state index in [0.717, 1.165) is 24.7 Å². The van der Waals surface area contributed by atoms with Crippen LogP contribution in [0.15, 0.2) is 36.5 Å². The van der Waals surface area contributed by atoms with Crippen molar-refractivity contribution in [1.82, 2.24) is 4.98 Å². The van der Waals surface area contributed by atoms with Crippen LogP contribution in [-0.2, 0) is 11.2 Å². The Morgan fingerprint density at radius 3 is 2.47 bits per heavy atom. The maximum absolute atomic E-state index is 10.4. The molecule has 6 nitrogen and oxygen atoms in total. The van der Waals surface area contributed by atoms with Gasteiger partial charge >= 0.3 is 0 Å². The van der Waals surface area contributed by atoms with Crippen LogP contribution < -0.4 is 0 Å². The number of thiazole rings is 1. The summed E-state index contributed by atoms with van der Waals surface area (Å²) in [7, 11) is 0. The summed E-state index contributed by atoms with van der Waals surface area (Å²) in [5.74, 6) is 0. The van der Waals surface area contributed by atoms with E-state index in [-0.39, 0.29) is 0 Å². The van der Waals surface area contributed by atoms with Crippen molar-refractivity contribution in [3.05, 3.63) is 62.0 Å². The molecule has 0 amide bonds. The van der Waals surface area contributed by atoms with Crippen molar-refractivity contribution < 1.29 is 25.2 Å². The van der Waals surface area contributed by atoms with Gasteiger partial charge in [-0.25, -0.2) is 4.98 Å². The number of ether oxygens (including phenoxy) is 1. The maximum Gasteiger partial charge on any atom is 0.113 e. The largest absolute Gasteiger partial charge is 0.394 e. The molecule has 3 aromatic rings. The first-order valence-electron chi connectivity index (χ1n) is 9.16. The molecule has 1 saturated heterocycles. The molecule has 10 heteroatoms. The van der Waals surface area contributed by atoms with Gasteiger partial charge in [0, 0.05) is 22.5 Å². The molecule has 5 atom stereocenters. The zero-order valence-corrected chi connectivity index (χ0v) is 18.6. The second-order valence-corrected chi connectivity index (χ2v) is 10.2. The van der Waals surface area contributed by atoms with E-state index in [2.05, 4.69) is 4.98 Å². The minimum absolute atomic E-state index is 0.476. The first kappa shape index (κ1) is 22.1. The fourth-order valence-electron chi connectivity index (χ4n) is 3.40. The number of rotatable bonds is 5. The van der Waals surface area contributed by atoms with Gasteiger partial charge in [-0.05, 0) is 29.3 Å². The Kier molecular flexibility index (Phi) is 6.79. The summed E-state index contributed by atoms with van der Waals surface area (Å²) >= 11 is 15.4. The molecule has 4 N–H and O–H groups in total. The van der Waals surface area contributed by atoms with Gasteiger partial charge in [0.05, 0.1) is 20.8 Å². The third-order valence-electron chi connectivity index (χ3n) is 5.00. The average molecular weight is 488 g/mol. The summed E-state index contributed by atoms with van der Waals surface area (Å²) in [5.41, 5.74) is 1.38. The van der Waals surface area contributed by atoms with E-state index in [1.165, 1.54) is 11.3 Å². The Morgan fingerprint density at radius 2 is 1.77 bits per heavy atom. The molecule has 30 heavy (non-hydrogen) atoms. The summed E-state index contributed by atoms with van der Waals surface area (Å²) in [5, 5.41) is 41.2. The summed E-state index contributed by atoms with van der Waals surface area (Å²) in [6.07, 6.45) is -3.76. The quantitative estimate of drug-likeness (QED) is 0.440. The van der Waals surface area contributed by atoms with Crippen LogP contribution in [0.3, 0.4) is 0 Å². The summed E-state index contributed by atoms with van der Waals surface area (Å²) in [6, 6.07) is 8.98.